The van der Waals surface area contributed by atoms with Gasteiger partial charge in [-0.25, -0.2) is 15.0 Å². The standard InChI is InChI=1S/C41H38N6O6/c1-49-32-18-14-30(15-19-32)41(29-12-7-4-8-13-29,31-16-20-33(50-2)21-17-31)52-25-35-34(51-23-9-22-42)24-36(53-35)47-27-45-37-38(43-26-44-39(37)47)46-40(48)28-10-5-3-6-11-28/h3-8,10-21,26-27,34-36H,9,23-25H2,1-2H3,(H,43,44,46,48)/t34-,35+,36+/m0/s1. The Morgan fingerprint density at radius 1 is 0.868 bits per heavy atom. The highest BCUT2D eigenvalue weighted by molar-refractivity contribution is 6.06. The number of anilines is 1. The second-order valence-electron chi connectivity index (χ2n) is 12.4. The SMILES string of the molecule is COc1ccc(C(OC[C@H]2O[C@@H](n3cnc4c(NC(=O)c5ccccc5)ncnc43)C[C@@H]2OCCC#N)(c2ccccc2)c2ccc(OC)cc2)cc1. The van der Waals surface area contributed by atoms with Crippen molar-refractivity contribution in [3.63, 3.8) is 0 Å². The first-order valence-electron chi connectivity index (χ1n) is 17.2. The van der Waals surface area contributed by atoms with Crippen molar-refractivity contribution in [2.75, 3.05) is 32.8 Å². The van der Waals surface area contributed by atoms with Crippen molar-refractivity contribution in [3.05, 3.63) is 144 Å². The number of fused-ring (bicyclic) bond motifs is 1. The van der Waals surface area contributed by atoms with E-state index < -0.39 is 24.0 Å². The van der Waals surface area contributed by atoms with Crippen LogP contribution in [0.1, 0.15) is 46.1 Å². The number of nitrogens with one attached hydrogen (secondary N) is 1. The number of carbonyl (C=O) groups excluding carboxylic acids is 1. The Balaban J connectivity index is 1.22. The molecule has 6 aromatic rings. The monoisotopic (exact) mass is 710 g/mol. The molecule has 1 aliphatic rings. The second kappa shape index (κ2) is 16.0. The topological polar surface area (TPSA) is 143 Å². The fraction of sp³-hybridized carbons (Fsp3) is 0.244. The number of imidazole rings is 1. The predicted octanol–water partition coefficient (Wildman–Crippen LogP) is 6.69. The Morgan fingerprint density at radius 2 is 1.49 bits per heavy atom. The van der Waals surface area contributed by atoms with E-state index in [4.69, 9.17) is 23.7 Å². The fourth-order valence-corrected chi connectivity index (χ4v) is 6.66. The molecule has 1 fully saturated rings. The Morgan fingerprint density at radius 3 is 2.11 bits per heavy atom. The van der Waals surface area contributed by atoms with Gasteiger partial charge in [0.05, 0.1) is 52.4 Å². The maximum atomic E-state index is 13.0. The summed E-state index contributed by atoms with van der Waals surface area (Å²) in [5, 5.41) is 12.1. The van der Waals surface area contributed by atoms with Crippen LogP contribution >= 0.6 is 0 Å². The van der Waals surface area contributed by atoms with Gasteiger partial charge in [-0.2, -0.15) is 5.26 Å². The minimum atomic E-state index is -1.07. The zero-order chi connectivity index (χ0) is 36.6. The number of amides is 1. The molecule has 3 heterocycles. The third kappa shape index (κ3) is 7.31. The van der Waals surface area contributed by atoms with Crippen molar-refractivity contribution >= 4 is 22.9 Å². The minimum absolute atomic E-state index is 0.126. The average molecular weight is 711 g/mol. The maximum absolute atomic E-state index is 13.0. The summed E-state index contributed by atoms with van der Waals surface area (Å²) in [5.74, 6) is 1.42. The largest absolute Gasteiger partial charge is 0.497 e. The van der Waals surface area contributed by atoms with E-state index in [1.165, 1.54) is 6.33 Å². The first-order chi connectivity index (χ1) is 26.0. The summed E-state index contributed by atoms with van der Waals surface area (Å²) in [6, 6.07) is 36.7. The minimum Gasteiger partial charge on any atom is -0.497 e. The zero-order valence-corrected chi connectivity index (χ0v) is 29.3. The molecule has 3 atom stereocenters. The fourth-order valence-electron chi connectivity index (χ4n) is 6.66. The molecule has 268 valence electrons. The lowest BCUT2D eigenvalue weighted by Crippen LogP contribution is -2.38. The number of ether oxygens (including phenoxy) is 5. The first-order valence-corrected chi connectivity index (χ1v) is 17.2. The Kier molecular flexibility index (Phi) is 10.7. The van der Waals surface area contributed by atoms with Crippen LogP contribution in [0.5, 0.6) is 11.5 Å². The molecule has 7 rings (SSSR count). The Labute approximate surface area is 306 Å². The van der Waals surface area contributed by atoms with E-state index >= 15 is 0 Å². The highest BCUT2D eigenvalue weighted by atomic mass is 16.6. The number of hydrogen-bond donors (Lipinski definition) is 1. The van der Waals surface area contributed by atoms with E-state index in [9.17, 15) is 10.1 Å². The molecule has 12 nitrogen and oxygen atoms in total. The molecule has 0 bridgehead atoms. The van der Waals surface area contributed by atoms with Crippen LogP contribution in [0.15, 0.2) is 122 Å². The van der Waals surface area contributed by atoms with Crippen LogP contribution in [0.25, 0.3) is 11.2 Å². The van der Waals surface area contributed by atoms with E-state index in [-0.39, 0.29) is 31.4 Å². The quantitative estimate of drug-likeness (QED) is 0.0960. The van der Waals surface area contributed by atoms with Gasteiger partial charge in [-0.15, -0.1) is 0 Å². The molecule has 53 heavy (non-hydrogen) atoms. The molecule has 4 aromatic carbocycles. The Bertz CT molecular complexity index is 2120. The summed E-state index contributed by atoms with van der Waals surface area (Å²) in [7, 11) is 3.27. The number of nitriles is 1. The maximum Gasteiger partial charge on any atom is 0.256 e. The molecule has 1 aliphatic heterocycles. The number of methoxy groups -OCH3 is 2. The van der Waals surface area contributed by atoms with E-state index in [2.05, 4.69) is 26.3 Å². The lowest BCUT2D eigenvalue weighted by Gasteiger charge is -2.37. The molecule has 0 saturated carbocycles. The van der Waals surface area contributed by atoms with E-state index in [1.54, 1.807) is 44.8 Å². The molecule has 1 N–H and O–H groups in total. The van der Waals surface area contributed by atoms with Gasteiger partial charge in [0, 0.05) is 12.0 Å². The van der Waals surface area contributed by atoms with Crippen molar-refractivity contribution in [3.8, 4) is 17.6 Å². The van der Waals surface area contributed by atoms with Crippen LogP contribution in [0.3, 0.4) is 0 Å². The van der Waals surface area contributed by atoms with Gasteiger partial charge < -0.3 is 29.0 Å². The number of aromatic nitrogens is 4. The molecule has 1 saturated heterocycles. The lowest BCUT2D eigenvalue weighted by molar-refractivity contribution is -0.103. The van der Waals surface area contributed by atoms with Gasteiger partial charge in [0.15, 0.2) is 17.0 Å². The van der Waals surface area contributed by atoms with Crippen LogP contribution in [-0.2, 0) is 19.8 Å². The molecule has 0 radical (unpaired) electrons. The van der Waals surface area contributed by atoms with Crippen molar-refractivity contribution in [1.82, 2.24) is 19.5 Å². The second-order valence-corrected chi connectivity index (χ2v) is 12.4. The number of nitrogens with zero attached hydrogens (tertiary/aromatic N) is 5. The van der Waals surface area contributed by atoms with Crippen LogP contribution in [-0.4, -0.2) is 65.1 Å². The Hall–Kier alpha value is -6.13. The summed E-state index contributed by atoms with van der Waals surface area (Å²) in [6.45, 7) is 0.359. The van der Waals surface area contributed by atoms with Gasteiger partial charge in [0.1, 0.15) is 35.8 Å². The van der Waals surface area contributed by atoms with Crippen LogP contribution in [0.2, 0.25) is 0 Å². The molecule has 2 aromatic heterocycles. The van der Waals surface area contributed by atoms with Crippen molar-refractivity contribution < 1.29 is 28.5 Å². The lowest BCUT2D eigenvalue weighted by atomic mass is 9.80. The smallest absolute Gasteiger partial charge is 0.256 e. The van der Waals surface area contributed by atoms with Crippen LogP contribution in [0, 0.1) is 11.3 Å². The number of rotatable bonds is 14. The molecule has 0 spiro atoms. The average Bonchev–Trinajstić information content (AvgIpc) is 3.84. The van der Waals surface area contributed by atoms with Crippen LogP contribution in [0.4, 0.5) is 5.82 Å². The normalized spacial score (nSPS) is 17.0. The van der Waals surface area contributed by atoms with Gasteiger partial charge in [-0.05, 0) is 53.1 Å². The summed E-state index contributed by atoms with van der Waals surface area (Å²) in [5.41, 5.74) is 3.01. The summed E-state index contributed by atoms with van der Waals surface area (Å²) < 4.78 is 33.0. The van der Waals surface area contributed by atoms with Crippen molar-refractivity contribution in [1.29, 1.82) is 5.26 Å². The highest BCUT2D eigenvalue weighted by Crippen LogP contribution is 2.43. The van der Waals surface area contributed by atoms with Gasteiger partial charge in [0.25, 0.3) is 5.91 Å². The number of benzene rings is 4. The number of carbonyl (C=O) groups is 1. The molecule has 12 heteroatoms. The van der Waals surface area contributed by atoms with E-state index in [0.29, 0.717) is 23.1 Å². The first kappa shape index (κ1) is 35.3. The third-order valence-corrected chi connectivity index (χ3v) is 9.30. The summed E-state index contributed by atoms with van der Waals surface area (Å²) in [6.07, 6.45) is 2.16. The molecule has 0 aliphatic carbocycles. The van der Waals surface area contributed by atoms with Gasteiger partial charge >= 0.3 is 0 Å². The van der Waals surface area contributed by atoms with Crippen molar-refractivity contribution in [2.45, 2.75) is 36.9 Å². The molecule has 0 unspecified atom stereocenters. The molecular formula is C41H38N6O6. The van der Waals surface area contributed by atoms with E-state index in [1.807, 2.05) is 89.5 Å². The highest BCUT2D eigenvalue weighted by Gasteiger charge is 2.43. The predicted molar refractivity (Wildman–Crippen MR) is 196 cm³/mol. The number of hydrogen-bond acceptors (Lipinski definition) is 10. The zero-order valence-electron chi connectivity index (χ0n) is 29.3. The molecule has 1 amide bonds. The third-order valence-electron chi connectivity index (χ3n) is 9.30. The summed E-state index contributed by atoms with van der Waals surface area (Å²) >= 11 is 0. The van der Waals surface area contributed by atoms with Crippen LogP contribution < -0.4 is 14.8 Å². The van der Waals surface area contributed by atoms with E-state index in [0.717, 1.165) is 28.2 Å². The van der Waals surface area contributed by atoms with Gasteiger partial charge in [-0.1, -0.05) is 72.8 Å². The summed E-state index contributed by atoms with van der Waals surface area (Å²) in [4.78, 5) is 26.3. The van der Waals surface area contributed by atoms with Gasteiger partial charge in [0.2, 0.25) is 0 Å². The van der Waals surface area contributed by atoms with Crippen molar-refractivity contribution in [2.24, 2.45) is 0 Å². The van der Waals surface area contributed by atoms with Gasteiger partial charge in [-0.3, -0.25) is 9.36 Å². The molecular weight excluding hydrogens is 672 g/mol.